The smallest absolute Gasteiger partial charge is 0.0167 e. The Balaban J connectivity index is 2.22. The lowest BCUT2D eigenvalue weighted by atomic mass is 10.1. The van der Waals surface area contributed by atoms with E-state index >= 15 is 0 Å². The Kier molecular flexibility index (Phi) is 2.15. The maximum absolute atomic E-state index is 5.72. The lowest BCUT2D eigenvalue weighted by molar-refractivity contribution is 0.501. The van der Waals surface area contributed by atoms with E-state index < -0.39 is 0 Å². The quantitative estimate of drug-likeness (QED) is 0.494. The maximum atomic E-state index is 5.72. The summed E-state index contributed by atoms with van der Waals surface area (Å²) < 4.78 is 1.88. The Labute approximate surface area is 55.7 Å². The van der Waals surface area contributed by atoms with Crippen LogP contribution in [0.4, 0.5) is 0 Å². The molecule has 0 aromatic heterocycles. The molecular formula is C6H12ClN. The first-order chi connectivity index (χ1) is 3.83. The summed E-state index contributed by atoms with van der Waals surface area (Å²) in [4.78, 5) is 0. The fourth-order valence-electron chi connectivity index (χ4n) is 1.12. The van der Waals surface area contributed by atoms with Gasteiger partial charge in [-0.15, -0.1) is 0 Å². The molecule has 0 aromatic carbocycles. The molecule has 0 saturated carbocycles. The molecule has 1 fully saturated rings. The van der Waals surface area contributed by atoms with Crippen LogP contribution in [0.15, 0.2) is 0 Å². The van der Waals surface area contributed by atoms with E-state index in [0.29, 0.717) is 0 Å². The SMILES string of the molecule is CC[C@@H]1CCN(Cl)C1. The summed E-state index contributed by atoms with van der Waals surface area (Å²) in [7, 11) is 0. The highest BCUT2D eigenvalue weighted by atomic mass is 35.5. The third-order valence-corrected chi connectivity index (χ3v) is 2.12. The summed E-state index contributed by atoms with van der Waals surface area (Å²) in [5.74, 6) is 0.868. The van der Waals surface area contributed by atoms with Crippen molar-refractivity contribution in [2.24, 2.45) is 5.92 Å². The molecule has 0 bridgehead atoms. The summed E-state index contributed by atoms with van der Waals surface area (Å²) >= 11 is 5.72. The van der Waals surface area contributed by atoms with Gasteiger partial charge in [0.05, 0.1) is 0 Å². The van der Waals surface area contributed by atoms with Crippen molar-refractivity contribution in [1.82, 2.24) is 4.42 Å². The Morgan fingerprint density at radius 2 is 2.50 bits per heavy atom. The van der Waals surface area contributed by atoms with Crippen LogP contribution in [0, 0.1) is 5.92 Å². The third kappa shape index (κ3) is 1.36. The summed E-state index contributed by atoms with van der Waals surface area (Å²) in [6.07, 6.45) is 2.57. The van der Waals surface area contributed by atoms with Gasteiger partial charge in [-0.25, -0.2) is 4.42 Å². The first-order valence-corrected chi connectivity index (χ1v) is 3.57. The average Bonchev–Trinajstić information content (AvgIpc) is 2.14. The molecule has 1 saturated heterocycles. The molecule has 1 heterocycles. The molecule has 8 heavy (non-hydrogen) atoms. The van der Waals surface area contributed by atoms with Gasteiger partial charge in [-0.3, -0.25) is 0 Å². The second-order valence-electron chi connectivity index (χ2n) is 2.43. The van der Waals surface area contributed by atoms with Crippen molar-refractivity contribution in [3.63, 3.8) is 0 Å². The summed E-state index contributed by atoms with van der Waals surface area (Å²) in [5.41, 5.74) is 0. The van der Waals surface area contributed by atoms with Gasteiger partial charge in [0.2, 0.25) is 0 Å². The molecular weight excluding hydrogens is 122 g/mol. The van der Waals surface area contributed by atoms with E-state index in [1.807, 2.05) is 4.42 Å². The Bertz CT molecular complexity index is 74.9. The van der Waals surface area contributed by atoms with Crippen molar-refractivity contribution in [1.29, 1.82) is 0 Å². The highest BCUT2D eigenvalue weighted by molar-refractivity contribution is 6.13. The van der Waals surface area contributed by atoms with Gasteiger partial charge < -0.3 is 0 Å². The molecule has 48 valence electrons. The molecule has 0 spiro atoms. The topological polar surface area (TPSA) is 3.24 Å². The minimum Gasteiger partial charge on any atom is -0.220 e. The number of nitrogens with zero attached hydrogens (tertiary/aromatic N) is 1. The Hall–Kier alpha value is 0.250. The maximum Gasteiger partial charge on any atom is 0.0167 e. The van der Waals surface area contributed by atoms with Crippen LogP contribution in [0.5, 0.6) is 0 Å². The van der Waals surface area contributed by atoms with Gasteiger partial charge in [0, 0.05) is 13.1 Å². The zero-order chi connectivity index (χ0) is 5.98. The predicted octanol–water partition coefficient (Wildman–Crippen LogP) is 1.87. The van der Waals surface area contributed by atoms with Crippen LogP contribution < -0.4 is 0 Å². The van der Waals surface area contributed by atoms with Gasteiger partial charge in [0.15, 0.2) is 0 Å². The number of halogens is 1. The minimum absolute atomic E-state index is 0.868. The van der Waals surface area contributed by atoms with Crippen molar-refractivity contribution in [2.45, 2.75) is 19.8 Å². The van der Waals surface area contributed by atoms with E-state index in [9.17, 15) is 0 Å². The number of hydrogen-bond donors (Lipinski definition) is 0. The van der Waals surface area contributed by atoms with Crippen molar-refractivity contribution in [2.75, 3.05) is 13.1 Å². The molecule has 0 unspecified atom stereocenters. The van der Waals surface area contributed by atoms with E-state index in [0.717, 1.165) is 19.0 Å². The van der Waals surface area contributed by atoms with E-state index in [2.05, 4.69) is 6.92 Å². The van der Waals surface area contributed by atoms with Crippen LogP contribution in [0.1, 0.15) is 19.8 Å². The van der Waals surface area contributed by atoms with E-state index in [-0.39, 0.29) is 0 Å². The molecule has 1 aliphatic heterocycles. The van der Waals surface area contributed by atoms with Crippen LogP contribution in [0.25, 0.3) is 0 Å². The molecule has 0 N–H and O–H groups in total. The lowest BCUT2D eigenvalue weighted by Crippen LogP contribution is -2.06. The highest BCUT2D eigenvalue weighted by Gasteiger charge is 2.18. The molecule has 0 amide bonds. The van der Waals surface area contributed by atoms with Crippen LogP contribution in [0.3, 0.4) is 0 Å². The minimum atomic E-state index is 0.868. The fourth-order valence-corrected chi connectivity index (χ4v) is 1.41. The normalized spacial score (nSPS) is 31.5. The molecule has 0 aliphatic carbocycles. The summed E-state index contributed by atoms with van der Waals surface area (Å²) in [5, 5.41) is 0. The number of rotatable bonds is 1. The molecule has 1 rings (SSSR count). The predicted molar refractivity (Wildman–Crippen MR) is 35.8 cm³/mol. The third-order valence-electron chi connectivity index (χ3n) is 1.81. The van der Waals surface area contributed by atoms with Gasteiger partial charge in [-0.1, -0.05) is 13.3 Å². The van der Waals surface area contributed by atoms with Gasteiger partial charge >= 0.3 is 0 Å². The van der Waals surface area contributed by atoms with E-state index in [1.54, 1.807) is 0 Å². The van der Waals surface area contributed by atoms with Gasteiger partial charge in [-0.2, -0.15) is 0 Å². The standard InChI is InChI=1S/C6H12ClN/c1-2-6-3-4-8(7)5-6/h6H,2-5H2,1H3/t6-/m1/s1. The fraction of sp³-hybridized carbons (Fsp3) is 1.00. The summed E-state index contributed by atoms with van der Waals surface area (Å²) in [6, 6.07) is 0. The first-order valence-electron chi connectivity index (χ1n) is 3.23. The molecule has 0 aromatic rings. The van der Waals surface area contributed by atoms with Gasteiger partial charge in [0.1, 0.15) is 0 Å². The second-order valence-corrected chi connectivity index (χ2v) is 2.91. The van der Waals surface area contributed by atoms with Crippen LogP contribution in [0.2, 0.25) is 0 Å². The zero-order valence-electron chi connectivity index (χ0n) is 5.23. The van der Waals surface area contributed by atoms with Crippen molar-refractivity contribution in [3.05, 3.63) is 0 Å². The molecule has 0 radical (unpaired) electrons. The van der Waals surface area contributed by atoms with Crippen LogP contribution >= 0.6 is 11.8 Å². The van der Waals surface area contributed by atoms with Crippen LogP contribution in [-0.2, 0) is 0 Å². The number of hydrogen-bond acceptors (Lipinski definition) is 1. The summed E-state index contributed by atoms with van der Waals surface area (Å²) in [6.45, 7) is 4.40. The average molecular weight is 134 g/mol. The highest BCUT2D eigenvalue weighted by Crippen LogP contribution is 2.19. The van der Waals surface area contributed by atoms with E-state index in [1.165, 1.54) is 12.8 Å². The van der Waals surface area contributed by atoms with Crippen molar-refractivity contribution in [3.8, 4) is 0 Å². The van der Waals surface area contributed by atoms with Gasteiger partial charge in [0.25, 0.3) is 0 Å². The monoisotopic (exact) mass is 133 g/mol. The molecule has 1 nitrogen and oxygen atoms in total. The molecule has 1 atom stereocenters. The van der Waals surface area contributed by atoms with E-state index in [4.69, 9.17) is 11.8 Å². The Morgan fingerprint density at radius 3 is 2.75 bits per heavy atom. The molecule has 1 aliphatic rings. The zero-order valence-corrected chi connectivity index (χ0v) is 5.99. The molecule has 2 heteroatoms. The largest absolute Gasteiger partial charge is 0.220 e. The van der Waals surface area contributed by atoms with Crippen molar-refractivity contribution < 1.29 is 0 Å². The first kappa shape index (κ1) is 6.37. The Morgan fingerprint density at radius 1 is 1.75 bits per heavy atom. The lowest BCUT2D eigenvalue weighted by Gasteiger charge is -2.02. The van der Waals surface area contributed by atoms with Gasteiger partial charge in [-0.05, 0) is 24.1 Å². The van der Waals surface area contributed by atoms with Crippen LogP contribution in [-0.4, -0.2) is 17.5 Å². The second kappa shape index (κ2) is 2.70. The van der Waals surface area contributed by atoms with Crippen molar-refractivity contribution >= 4 is 11.8 Å².